The van der Waals surface area contributed by atoms with Crippen LogP contribution in [0.3, 0.4) is 0 Å². The molecular formula is C12H19N3O5. The molecule has 0 aliphatic carbocycles. The van der Waals surface area contributed by atoms with Gasteiger partial charge in [0.2, 0.25) is 0 Å². The Kier molecular flexibility index (Phi) is 7.74. The second-order valence-corrected chi connectivity index (χ2v) is 4.28. The van der Waals surface area contributed by atoms with Crippen molar-refractivity contribution >= 4 is 18.0 Å². The highest BCUT2D eigenvalue weighted by atomic mass is 16.5. The van der Waals surface area contributed by atoms with Crippen LogP contribution >= 0.6 is 0 Å². The molecule has 2 N–H and O–H groups in total. The van der Waals surface area contributed by atoms with Gasteiger partial charge >= 0.3 is 18.0 Å². The first kappa shape index (κ1) is 17.7. The number of esters is 1. The molecule has 0 saturated heterocycles. The lowest BCUT2D eigenvalue weighted by Gasteiger charge is -2.25. The zero-order chi connectivity index (χ0) is 15.7. The maximum Gasteiger partial charge on any atom is 0.326 e. The third kappa shape index (κ3) is 6.04. The first-order valence-corrected chi connectivity index (χ1v) is 6.03. The third-order valence-electron chi connectivity index (χ3n) is 2.83. The number of carboxylic acids is 1. The van der Waals surface area contributed by atoms with Gasteiger partial charge in [0.25, 0.3) is 0 Å². The number of nitrogens with zero attached hydrogens (tertiary/aromatic N) is 2. The van der Waals surface area contributed by atoms with Crippen LogP contribution < -0.4 is 5.32 Å². The molecule has 1 unspecified atom stereocenters. The lowest BCUT2D eigenvalue weighted by Crippen LogP contribution is -2.49. The molecule has 8 nitrogen and oxygen atoms in total. The van der Waals surface area contributed by atoms with Crippen molar-refractivity contribution in [3.05, 3.63) is 0 Å². The van der Waals surface area contributed by atoms with Crippen molar-refractivity contribution in [1.82, 2.24) is 10.2 Å². The van der Waals surface area contributed by atoms with Crippen LogP contribution in [0, 0.1) is 11.3 Å². The van der Waals surface area contributed by atoms with E-state index in [9.17, 15) is 14.4 Å². The number of hydrogen-bond acceptors (Lipinski definition) is 5. The fourth-order valence-electron chi connectivity index (χ4n) is 1.34. The van der Waals surface area contributed by atoms with Crippen LogP contribution in [0.4, 0.5) is 4.79 Å². The molecule has 0 heterocycles. The Hall–Kier alpha value is -2.30. The number of ether oxygens (including phenoxy) is 1. The first-order chi connectivity index (χ1) is 9.33. The molecule has 0 saturated carbocycles. The summed E-state index contributed by atoms with van der Waals surface area (Å²) in [5.41, 5.74) is 0. The molecule has 0 spiro atoms. The zero-order valence-electron chi connectivity index (χ0n) is 11.8. The fourth-order valence-corrected chi connectivity index (χ4v) is 1.34. The minimum Gasteiger partial charge on any atom is -0.480 e. The van der Waals surface area contributed by atoms with E-state index in [1.807, 2.05) is 6.07 Å². The molecule has 20 heavy (non-hydrogen) atoms. The number of hydrogen-bond donors (Lipinski definition) is 2. The van der Waals surface area contributed by atoms with E-state index >= 15 is 0 Å². The average Bonchev–Trinajstić information content (AvgIpc) is 2.41. The Morgan fingerprint density at radius 2 is 2.05 bits per heavy atom. The SMILES string of the molecule is COC(=O)CC[C@@H](NC(=O)N(C)C(C)CC#N)C(=O)O. The van der Waals surface area contributed by atoms with Crippen LogP contribution in [0.5, 0.6) is 0 Å². The van der Waals surface area contributed by atoms with Crippen molar-refractivity contribution in [2.24, 2.45) is 0 Å². The molecule has 0 aliphatic rings. The summed E-state index contributed by atoms with van der Waals surface area (Å²) < 4.78 is 4.41. The number of carbonyl (C=O) groups excluding carboxylic acids is 2. The number of methoxy groups -OCH3 is 1. The number of aliphatic carboxylic acids is 1. The molecule has 0 rings (SSSR count). The van der Waals surface area contributed by atoms with E-state index in [0.717, 1.165) is 0 Å². The Labute approximate surface area is 117 Å². The molecule has 0 fully saturated rings. The monoisotopic (exact) mass is 285 g/mol. The van der Waals surface area contributed by atoms with E-state index in [4.69, 9.17) is 10.4 Å². The van der Waals surface area contributed by atoms with Gasteiger partial charge in [-0.3, -0.25) is 4.79 Å². The molecule has 8 heteroatoms. The third-order valence-corrected chi connectivity index (χ3v) is 2.83. The van der Waals surface area contributed by atoms with Crippen LogP contribution in [0.2, 0.25) is 0 Å². The summed E-state index contributed by atoms with van der Waals surface area (Å²) in [4.78, 5) is 35.1. The number of urea groups is 1. The molecule has 0 aromatic heterocycles. The Bertz CT molecular complexity index is 404. The van der Waals surface area contributed by atoms with E-state index < -0.39 is 24.0 Å². The molecular weight excluding hydrogens is 266 g/mol. The van der Waals surface area contributed by atoms with Gasteiger partial charge in [-0.25, -0.2) is 9.59 Å². The summed E-state index contributed by atoms with van der Waals surface area (Å²) in [5.74, 6) is -1.78. The van der Waals surface area contributed by atoms with Crippen molar-refractivity contribution in [3.8, 4) is 6.07 Å². The zero-order valence-corrected chi connectivity index (χ0v) is 11.8. The van der Waals surface area contributed by atoms with Crippen LogP contribution in [0.25, 0.3) is 0 Å². The minimum atomic E-state index is -1.23. The Balaban J connectivity index is 4.52. The summed E-state index contributed by atoms with van der Waals surface area (Å²) in [6.45, 7) is 1.67. The molecule has 112 valence electrons. The normalized spacial score (nSPS) is 12.7. The summed E-state index contributed by atoms with van der Waals surface area (Å²) >= 11 is 0. The second kappa shape index (κ2) is 8.74. The van der Waals surface area contributed by atoms with Gasteiger partial charge in [0, 0.05) is 19.5 Å². The standard InChI is InChI=1S/C12H19N3O5/c1-8(6-7-13)15(2)12(19)14-9(11(17)18)4-5-10(16)20-3/h8-9H,4-6H2,1-3H3,(H,14,19)(H,17,18)/t8?,9-/m1/s1. The number of nitrogens with one attached hydrogen (secondary N) is 1. The molecule has 0 aromatic rings. The molecule has 0 aromatic carbocycles. The van der Waals surface area contributed by atoms with E-state index in [-0.39, 0.29) is 25.3 Å². The highest BCUT2D eigenvalue weighted by Gasteiger charge is 2.24. The highest BCUT2D eigenvalue weighted by Crippen LogP contribution is 2.04. The fraction of sp³-hybridized carbons (Fsp3) is 0.667. The van der Waals surface area contributed by atoms with Gasteiger partial charge in [0.05, 0.1) is 19.6 Å². The number of rotatable bonds is 7. The van der Waals surface area contributed by atoms with Gasteiger partial charge < -0.3 is 20.1 Å². The topological polar surface area (TPSA) is 120 Å². The van der Waals surface area contributed by atoms with E-state index in [1.165, 1.54) is 19.1 Å². The van der Waals surface area contributed by atoms with Gasteiger partial charge in [-0.05, 0) is 13.3 Å². The van der Waals surface area contributed by atoms with E-state index in [2.05, 4.69) is 10.1 Å². The van der Waals surface area contributed by atoms with Crippen molar-refractivity contribution in [1.29, 1.82) is 5.26 Å². The predicted octanol–water partition coefficient (Wildman–Crippen LogP) is 0.336. The van der Waals surface area contributed by atoms with Gasteiger partial charge in [-0.1, -0.05) is 0 Å². The molecule has 2 amide bonds. The molecule has 0 radical (unpaired) electrons. The summed E-state index contributed by atoms with van der Waals surface area (Å²) in [7, 11) is 2.67. The second-order valence-electron chi connectivity index (χ2n) is 4.28. The van der Waals surface area contributed by atoms with Crippen LogP contribution in [0.15, 0.2) is 0 Å². The number of carbonyl (C=O) groups is 3. The lowest BCUT2D eigenvalue weighted by atomic mass is 10.1. The summed E-state index contributed by atoms with van der Waals surface area (Å²) in [6, 6.07) is -0.199. The summed E-state index contributed by atoms with van der Waals surface area (Å²) in [5, 5.41) is 19.9. The van der Waals surface area contributed by atoms with Crippen LogP contribution in [-0.4, -0.2) is 54.2 Å². The van der Waals surface area contributed by atoms with E-state index in [0.29, 0.717) is 0 Å². The van der Waals surface area contributed by atoms with Crippen molar-refractivity contribution in [2.45, 2.75) is 38.3 Å². The van der Waals surface area contributed by atoms with Crippen LogP contribution in [-0.2, 0) is 14.3 Å². The van der Waals surface area contributed by atoms with Crippen molar-refractivity contribution in [2.75, 3.05) is 14.2 Å². The Morgan fingerprint density at radius 1 is 1.45 bits per heavy atom. The largest absolute Gasteiger partial charge is 0.480 e. The molecule has 2 atom stereocenters. The molecule has 0 bridgehead atoms. The maximum absolute atomic E-state index is 11.8. The highest BCUT2D eigenvalue weighted by molar-refractivity contribution is 5.83. The van der Waals surface area contributed by atoms with E-state index in [1.54, 1.807) is 6.92 Å². The lowest BCUT2D eigenvalue weighted by molar-refractivity contribution is -0.142. The Morgan fingerprint density at radius 3 is 2.50 bits per heavy atom. The maximum atomic E-state index is 11.8. The van der Waals surface area contributed by atoms with Gasteiger partial charge in [-0.15, -0.1) is 0 Å². The first-order valence-electron chi connectivity index (χ1n) is 6.03. The van der Waals surface area contributed by atoms with Gasteiger partial charge in [0.15, 0.2) is 0 Å². The summed E-state index contributed by atoms with van der Waals surface area (Å²) in [6.07, 6.45) is -0.0246. The van der Waals surface area contributed by atoms with Crippen molar-refractivity contribution in [3.63, 3.8) is 0 Å². The minimum absolute atomic E-state index is 0.0613. The average molecular weight is 285 g/mol. The quantitative estimate of drug-likeness (QED) is 0.651. The van der Waals surface area contributed by atoms with Crippen LogP contribution in [0.1, 0.15) is 26.2 Å². The smallest absolute Gasteiger partial charge is 0.326 e. The van der Waals surface area contributed by atoms with Crippen molar-refractivity contribution < 1.29 is 24.2 Å². The number of carboxylic acid groups (broad SMARTS) is 1. The predicted molar refractivity (Wildman–Crippen MR) is 68.7 cm³/mol. The number of amides is 2. The number of nitriles is 1. The molecule has 0 aliphatic heterocycles. The van der Waals surface area contributed by atoms with Gasteiger partial charge in [-0.2, -0.15) is 5.26 Å². The van der Waals surface area contributed by atoms with Gasteiger partial charge in [0.1, 0.15) is 6.04 Å².